The van der Waals surface area contributed by atoms with Gasteiger partial charge in [0.15, 0.2) is 0 Å². The van der Waals surface area contributed by atoms with Crippen LogP contribution in [0.4, 0.5) is 0 Å². The van der Waals surface area contributed by atoms with Crippen molar-refractivity contribution in [1.82, 2.24) is 9.88 Å². The van der Waals surface area contributed by atoms with Crippen molar-refractivity contribution < 1.29 is 9.90 Å². The van der Waals surface area contributed by atoms with Crippen LogP contribution in [0, 0.1) is 0 Å². The van der Waals surface area contributed by atoms with Gasteiger partial charge in [-0.05, 0) is 35.7 Å². The highest BCUT2D eigenvalue weighted by Gasteiger charge is 2.15. The molecule has 25 heavy (non-hydrogen) atoms. The Labute approximate surface area is 152 Å². The summed E-state index contributed by atoms with van der Waals surface area (Å²) in [4.78, 5) is 17.5. The number of carbonyl (C=O) groups is 1. The lowest BCUT2D eigenvalue weighted by atomic mass is 10.1. The largest absolute Gasteiger partial charge is 0.395 e. The van der Waals surface area contributed by atoms with Crippen LogP contribution in [0.1, 0.15) is 17.5 Å². The van der Waals surface area contributed by atoms with Gasteiger partial charge >= 0.3 is 0 Å². The lowest BCUT2D eigenvalue weighted by molar-refractivity contribution is -0.132. The van der Waals surface area contributed by atoms with Gasteiger partial charge in [0.2, 0.25) is 5.91 Å². The van der Waals surface area contributed by atoms with Crippen molar-refractivity contribution in [3.05, 3.63) is 70.9 Å². The maximum Gasteiger partial charge on any atom is 0.223 e. The Morgan fingerprint density at radius 1 is 1.16 bits per heavy atom. The molecule has 2 N–H and O–H groups in total. The van der Waals surface area contributed by atoms with Crippen molar-refractivity contribution >= 4 is 28.4 Å². The van der Waals surface area contributed by atoms with Crippen LogP contribution >= 0.6 is 11.6 Å². The van der Waals surface area contributed by atoms with E-state index in [0.717, 1.165) is 22.0 Å². The standard InChI is InChI=1S/C20H21ClN2O2/c21-17-5-3-4-15(12-17)14-23(10-11-24)20(25)9-8-16-13-22-19-7-2-1-6-18(16)19/h1-7,12-13,22,24H,8-11,14H2. The first-order chi connectivity index (χ1) is 12.2. The van der Waals surface area contributed by atoms with E-state index in [1.807, 2.05) is 42.6 Å². The molecule has 0 saturated heterocycles. The summed E-state index contributed by atoms with van der Waals surface area (Å²) in [6.45, 7) is 0.715. The quantitative estimate of drug-likeness (QED) is 0.677. The van der Waals surface area contributed by atoms with E-state index in [0.29, 0.717) is 31.0 Å². The van der Waals surface area contributed by atoms with Crippen LogP contribution in [-0.2, 0) is 17.8 Å². The number of H-pyrrole nitrogens is 1. The zero-order valence-electron chi connectivity index (χ0n) is 13.9. The molecule has 0 unspecified atom stereocenters. The minimum absolute atomic E-state index is 0.0271. The lowest BCUT2D eigenvalue weighted by Crippen LogP contribution is -2.33. The van der Waals surface area contributed by atoms with E-state index in [2.05, 4.69) is 11.1 Å². The molecule has 0 fully saturated rings. The maximum absolute atomic E-state index is 12.6. The average Bonchev–Trinajstić information content (AvgIpc) is 3.02. The number of benzene rings is 2. The fourth-order valence-electron chi connectivity index (χ4n) is 3.01. The molecule has 0 bridgehead atoms. The summed E-state index contributed by atoms with van der Waals surface area (Å²) in [5, 5.41) is 11.1. The fraction of sp³-hybridized carbons (Fsp3) is 0.250. The van der Waals surface area contributed by atoms with Crippen LogP contribution < -0.4 is 0 Å². The van der Waals surface area contributed by atoms with Crippen LogP contribution in [0.5, 0.6) is 0 Å². The molecule has 3 rings (SSSR count). The molecular weight excluding hydrogens is 336 g/mol. The number of hydrogen-bond acceptors (Lipinski definition) is 2. The van der Waals surface area contributed by atoms with Gasteiger partial charge in [-0.3, -0.25) is 4.79 Å². The summed E-state index contributed by atoms with van der Waals surface area (Å²) in [7, 11) is 0. The Morgan fingerprint density at radius 2 is 2.00 bits per heavy atom. The van der Waals surface area contributed by atoms with E-state index in [1.54, 1.807) is 11.0 Å². The third kappa shape index (κ3) is 4.41. The van der Waals surface area contributed by atoms with E-state index in [-0.39, 0.29) is 12.5 Å². The summed E-state index contributed by atoms with van der Waals surface area (Å²) in [6, 6.07) is 15.5. The lowest BCUT2D eigenvalue weighted by Gasteiger charge is -2.22. The number of amides is 1. The zero-order chi connectivity index (χ0) is 17.6. The van der Waals surface area contributed by atoms with Gasteiger partial charge in [-0.1, -0.05) is 41.9 Å². The Morgan fingerprint density at radius 3 is 2.80 bits per heavy atom. The zero-order valence-corrected chi connectivity index (χ0v) is 14.7. The number of para-hydroxylation sites is 1. The number of aliphatic hydroxyl groups excluding tert-OH is 1. The SMILES string of the molecule is O=C(CCc1c[nH]c2ccccc12)N(CCO)Cc1cccc(Cl)c1. The second-order valence-corrected chi connectivity index (χ2v) is 6.46. The van der Waals surface area contributed by atoms with E-state index in [1.165, 1.54) is 0 Å². The van der Waals surface area contributed by atoms with Gasteiger partial charge in [-0.2, -0.15) is 0 Å². The molecule has 0 spiro atoms. The number of aromatic nitrogens is 1. The molecule has 0 atom stereocenters. The van der Waals surface area contributed by atoms with Crippen molar-refractivity contribution in [1.29, 1.82) is 0 Å². The molecule has 130 valence electrons. The van der Waals surface area contributed by atoms with Gasteiger partial charge < -0.3 is 15.0 Å². The highest BCUT2D eigenvalue weighted by molar-refractivity contribution is 6.30. The molecule has 4 nitrogen and oxygen atoms in total. The number of aliphatic hydroxyl groups is 1. The molecule has 5 heteroatoms. The summed E-state index contributed by atoms with van der Waals surface area (Å²) in [5.41, 5.74) is 3.17. The Balaban J connectivity index is 1.66. The molecule has 0 radical (unpaired) electrons. The number of hydrogen-bond donors (Lipinski definition) is 2. The predicted molar refractivity (Wildman–Crippen MR) is 101 cm³/mol. The number of fused-ring (bicyclic) bond motifs is 1. The fourth-order valence-corrected chi connectivity index (χ4v) is 3.22. The second-order valence-electron chi connectivity index (χ2n) is 6.03. The maximum atomic E-state index is 12.6. The number of aromatic amines is 1. The van der Waals surface area contributed by atoms with Crippen molar-refractivity contribution in [2.75, 3.05) is 13.2 Å². The van der Waals surface area contributed by atoms with Gasteiger partial charge in [-0.15, -0.1) is 0 Å². The molecule has 3 aromatic rings. The van der Waals surface area contributed by atoms with Gasteiger partial charge in [0.1, 0.15) is 0 Å². The minimum Gasteiger partial charge on any atom is -0.395 e. The number of nitrogens with one attached hydrogen (secondary N) is 1. The van der Waals surface area contributed by atoms with Crippen molar-refractivity contribution in [3.8, 4) is 0 Å². The number of nitrogens with zero attached hydrogens (tertiary/aromatic N) is 1. The van der Waals surface area contributed by atoms with Crippen molar-refractivity contribution in [2.24, 2.45) is 0 Å². The first-order valence-corrected chi connectivity index (χ1v) is 8.73. The van der Waals surface area contributed by atoms with E-state index >= 15 is 0 Å². The predicted octanol–water partition coefficient (Wildman–Crippen LogP) is 3.78. The molecule has 2 aromatic carbocycles. The van der Waals surface area contributed by atoms with E-state index < -0.39 is 0 Å². The van der Waals surface area contributed by atoms with Gasteiger partial charge in [0.05, 0.1) is 6.61 Å². The van der Waals surface area contributed by atoms with Crippen LogP contribution in [0.25, 0.3) is 10.9 Å². The first-order valence-electron chi connectivity index (χ1n) is 8.35. The molecule has 0 saturated carbocycles. The monoisotopic (exact) mass is 356 g/mol. The number of carbonyl (C=O) groups excluding carboxylic acids is 1. The summed E-state index contributed by atoms with van der Waals surface area (Å²) < 4.78 is 0. The molecule has 0 aliphatic heterocycles. The molecule has 0 aliphatic rings. The van der Waals surface area contributed by atoms with Crippen LogP contribution in [0.3, 0.4) is 0 Å². The van der Waals surface area contributed by atoms with Gasteiger partial charge in [-0.25, -0.2) is 0 Å². The third-order valence-corrected chi connectivity index (χ3v) is 4.50. The van der Waals surface area contributed by atoms with E-state index in [9.17, 15) is 9.90 Å². The Kier molecular flexibility index (Phi) is 5.74. The molecule has 1 amide bonds. The number of rotatable bonds is 7. The molecular formula is C20H21ClN2O2. The highest BCUT2D eigenvalue weighted by atomic mass is 35.5. The second kappa shape index (κ2) is 8.19. The van der Waals surface area contributed by atoms with Crippen molar-refractivity contribution in [2.45, 2.75) is 19.4 Å². The molecule has 1 aromatic heterocycles. The van der Waals surface area contributed by atoms with Gasteiger partial charge in [0.25, 0.3) is 0 Å². The highest BCUT2D eigenvalue weighted by Crippen LogP contribution is 2.20. The third-order valence-electron chi connectivity index (χ3n) is 4.27. The van der Waals surface area contributed by atoms with Crippen LogP contribution in [-0.4, -0.2) is 34.0 Å². The topological polar surface area (TPSA) is 56.3 Å². The Hall–Kier alpha value is -2.30. The molecule has 1 heterocycles. The van der Waals surface area contributed by atoms with E-state index in [4.69, 9.17) is 11.6 Å². The van der Waals surface area contributed by atoms with Crippen LogP contribution in [0.2, 0.25) is 5.02 Å². The smallest absolute Gasteiger partial charge is 0.223 e. The summed E-state index contributed by atoms with van der Waals surface area (Å²) in [5.74, 6) is 0.0271. The molecule has 0 aliphatic carbocycles. The minimum atomic E-state index is -0.0562. The Bertz CT molecular complexity index is 860. The first kappa shape index (κ1) is 17.5. The number of halogens is 1. The number of aryl methyl sites for hydroxylation is 1. The van der Waals surface area contributed by atoms with Crippen molar-refractivity contribution in [3.63, 3.8) is 0 Å². The van der Waals surface area contributed by atoms with Gasteiger partial charge in [0, 0.05) is 41.6 Å². The average molecular weight is 357 g/mol. The summed E-state index contributed by atoms with van der Waals surface area (Å²) in [6.07, 6.45) is 3.04. The van der Waals surface area contributed by atoms with Crippen LogP contribution in [0.15, 0.2) is 54.7 Å². The summed E-state index contributed by atoms with van der Waals surface area (Å²) >= 11 is 6.01. The normalized spacial score (nSPS) is 11.0.